The summed E-state index contributed by atoms with van der Waals surface area (Å²) in [5, 5.41) is 16.8. The van der Waals surface area contributed by atoms with E-state index in [0.29, 0.717) is 0 Å². The topological polar surface area (TPSA) is 53.3 Å². The van der Waals surface area contributed by atoms with Crippen LogP contribution < -0.4 is 0 Å². The lowest BCUT2D eigenvalue weighted by Gasteiger charge is -2.12. The normalized spacial score (nSPS) is 12.2. The smallest absolute Gasteiger partial charge is 0.215 e. The number of nitrogens with one attached hydrogen (secondary N) is 1. The highest BCUT2D eigenvalue weighted by molar-refractivity contribution is 5.79. The van der Waals surface area contributed by atoms with Crippen LogP contribution in [0.1, 0.15) is 18.6 Å². The first-order valence-electron chi connectivity index (χ1n) is 4.30. The first-order chi connectivity index (χ1) is 6.66. The zero-order chi connectivity index (χ0) is 10.6. The molecule has 1 aromatic rings. The molecule has 0 aromatic heterocycles. The minimum Gasteiger partial charge on any atom is -0.479 e. The molecule has 1 atom stereocenters. The SMILES string of the molecule is CCOC(=N)C(O)c1ccccc1F. The summed E-state index contributed by atoms with van der Waals surface area (Å²) in [6, 6.07) is 5.78. The van der Waals surface area contributed by atoms with Crippen molar-refractivity contribution < 1.29 is 14.2 Å². The fourth-order valence-electron chi connectivity index (χ4n) is 1.07. The average molecular weight is 197 g/mol. The molecule has 3 nitrogen and oxygen atoms in total. The van der Waals surface area contributed by atoms with Crippen LogP contribution in [0.15, 0.2) is 24.3 Å². The summed E-state index contributed by atoms with van der Waals surface area (Å²) in [6.45, 7) is 1.98. The lowest BCUT2D eigenvalue weighted by Crippen LogP contribution is -2.15. The van der Waals surface area contributed by atoms with E-state index in [4.69, 9.17) is 10.1 Å². The molecule has 0 saturated heterocycles. The highest BCUT2D eigenvalue weighted by atomic mass is 19.1. The maximum atomic E-state index is 13.1. The molecule has 0 bridgehead atoms. The number of aliphatic hydroxyl groups excluding tert-OH is 1. The van der Waals surface area contributed by atoms with Gasteiger partial charge < -0.3 is 9.84 Å². The summed E-state index contributed by atoms with van der Waals surface area (Å²) in [5.74, 6) is -0.873. The number of halogens is 1. The van der Waals surface area contributed by atoms with Gasteiger partial charge in [-0.1, -0.05) is 18.2 Å². The summed E-state index contributed by atoms with van der Waals surface area (Å²) in [6.07, 6.45) is -1.32. The third-order valence-corrected chi connectivity index (χ3v) is 1.75. The number of rotatable bonds is 3. The Hall–Kier alpha value is -1.42. The second-order valence-electron chi connectivity index (χ2n) is 2.72. The number of aliphatic hydroxyl groups is 1. The van der Waals surface area contributed by atoms with Crippen molar-refractivity contribution in [2.45, 2.75) is 13.0 Å². The van der Waals surface area contributed by atoms with Gasteiger partial charge in [-0.15, -0.1) is 0 Å². The molecule has 0 aliphatic heterocycles. The Bertz CT molecular complexity index is 328. The first kappa shape index (κ1) is 10.7. The molecule has 0 fully saturated rings. The van der Waals surface area contributed by atoms with Crippen molar-refractivity contribution in [1.29, 1.82) is 5.41 Å². The van der Waals surface area contributed by atoms with Gasteiger partial charge in [-0.3, -0.25) is 5.41 Å². The van der Waals surface area contributed by atoms with E-state index in [9.17, 15) is 9.50 Å². The van der Waals surface area contributed by atoms with E-state index in [-0.39, 0.29) is 18.1 Å². The van der Waals surface area contributed by atoms with Crippen LogP contribution in [0.3, 0.4) is 0 Å². The van der Waals surface area contributed by atoms with Gasteiger partial charge in [0.15, 0.2) is 6.10 Å². The Kier molecular flexibility index (Phi) is 3.59. The maximum absolute atomic E-state index is 13.1. The molecule has 0 amide bonds. The lowest BCUT2D eigenvalue weighted by atomic mass is 10.1. The van der Waals surface area contributed by atoms with Crippen molar-refractivity contribution in [3.05, 3.63) is 35.6 Å². The van der Waals surface area contributed by atoms with Crippen molar-refractivity contribution in [2.24, 2.45) is 0 Å². The third-order valence-electron chi connectivity index (χ3n) is 1.75. The Labute approximate surface area is 81.6 Å². The van der Waals surface area contributed by atoms with Gasteiger partial charge in [0.2, 0.25) is 5.90 Å². The molecule has 2 N–H and O–H groups in total. The molecule has 0 radical (unpaired) electrons. The maximum Gasteiger partial charge on any atom is 0.215 e. The van der Waals surface area contributed by atoms with Gasteiger partial charge in [0.05, 0.1) is 6.61 Å². The van der Waals surface area contributed by atoms with E-state index in [2.05, 4.69) is 0 Å². The number of hydrogen-bond donors (Lipinski definition) is 2. The fraction of sp³-hybridized carbons (Fsp3) is 0.300. The predicted octanol–water partition coefficient (Wildman–Crippen LogP) is 1.87. The van der Waals surface area contributed by atoms with Gasteiger partial charge in [-0.25, -0.2) is 4.39 Å². The largest absolute Gasteiger partial charge is 0.479 e. The van der Waals surface area contributed by atoms with Crippen LogP contribution in [-0.4, -0.2) is 17.6 Å². The molecule has 1 rings (SSSR count). The fourth-order valence-corrected chi connectivity index (χ4v) is 1.07. The zero-order valence-electron chi connectivity index (χ0n) is 7.83. The van der Waals surface area contributed by atoms with Gasteiger partial charge in [-0.2, -0.15) is 0 Å². The van der Waals surface area contributed by atoms with Crippen molar-refractivity contribution in [3.8, 4) is 0 Å². The van der Waals surface area contributed by atoms with E-state index in [1.165, 1.54) is 18.2 Å². The number of hydrogen-bond acceptors (Lipinski definition) is 3. The standard InChI is InChI=1S/C10H12FNO2/c1-2-14-10(12)9(13)7-5-3-4-6-8(7)11/h3-6,9,12-13H,2H2,1H3. The van der Waals surface area contributed by atoms with Gasteiger partial charge in [0.1, 0.15) is 5.82 Å². The molecule has 0 spiro atoms. The molecule has 0 aliphatic rings. The molecule has 0 heterocycles. The van der Waals surface area contributed by atoms with Crippen LogP contribution in [0.25, 0.3) is 0 Å². The summed E-state index contributed by atoms with van der Waals surface area (Å²) in [4.78, 5) is 0. The van der Waals surface area contributed by atoms with E-state index >= 15 is 0 Å². The van der Waals surface area contributed by atoms with Crippen molar-refractivity contribution in [2.75, 3.05) is 6.61 Å². The molecule has 1 aromatic carbocycles. The highest BCUT2D eigenvalue weighted by Gasteiger charge is 2.17. The van der Waals surface area contributed by atoms with E-state index in [1.54, 1.807) is 13.0 Å². The van der Waals surface area contributed by atoms with Crippen molar-refractivity contribution in [3.63, 3.8) is 0 Å². The first-order valence-corrected chi connectivity index (χ1v) is 4.30. The zero-order valence-corrected chi connectivity index (χ0v) is 7.83. The van der Waals surface area contributed by atoms with Crippen LogP contribution >= 0.6 is 0 Å². The molecule has 76 valence electrons. The Morgan fingerprint density at radius 1 is 1.57 bits per heavy atom. The Morgan fingerprint density at radius 3 is 2.79 bits per heavy atom. The van der Waals surface area contributed by atoms with Gasteiger partial charge in [0, 0.05) is 5.56 Å². The van der Waals surface area contributed by atoms with Crippen LogP contribution in [0.5, 0.6) is 0 Å². The minimum atomic E-state index is -1.32. The van der Waals surface area contributed by atoms with Crippen molar-refractivity contribution >= 4 is 5.90 Å². The average Bonchev–Trinajstić information content (AvgIpc) is 2.18. The van der Waals surface area contributed by atoms with Gasteiger partial charge >= 0.3 is 0 Å². The molecular weight excluding hydrogens is 185 g/mol. The van der Waals surface area contributed by atoms with Gasteiger partial charge in [0.25, 0.3) is 0 Å². The van der Waals surface area contributed by atoms with Gasteiger partial charge in [-0.05, 0) is 13.0 Å². The highest BCUT2D eigenvalue weighted by Crippen LogP contribution is 2.17. The van der Waals surface area contributed by atoms with Crippen LogP contribution in [0.2, 0.25) is 0 Å². The predicted molar refractivity (Wildman–Crippen MR) is 50.7 cm³/mol. The second kappa shape index (κ2) is 4.72. The van der Waals surface area contributed by atoms with Crippen LogP contribution in [-0.2, 0) is 4.74 Å². The molecular formula is C10H12FNO2. The Morgan fingerprint density at radius 2 is 2.21 bits per heavy atom. The molecule has 4 heteroatoms. The van der Waals surface area contributed by atoms with E-state index in [0.717, 1.165) is 0 Å². The molecule has 0 saturated carbocycles. The summed E-state index contributed by atoms with van der Waals surface area (Å²) in [7, 11) is 0. The summed E-state index contributed by atoms with van der Waals surface area (Å²) < 4.78 is 17.9. The monoisotopic (exact) mass is 197 g/mol. The van der Waals surface area contributed by atoms with E-state index < -0.39 is 11.9 Å². The second-order valence-corrected chi connectivity index (χ2v) is 2.72. The third kappa shape index (κ3) is 2.29. The van der Waals surface area contributed by atoms with E-state index in [1.807, 2.05) is 0 Å². The van der Waals surface area contributed by atoms with Crippen LogP contribution in [0.4, 0.5) is 4.39 Å². The molecule has 0 aliphatic carbocycles. The number of ether oxygens (including phenoxy) is 1. The molecule has 1 unspecified atom stereocenters. The Balaban J connectivity index is 2.84. The number of benzene rings is 1. The quantitative estimate of drug-likeness (QED) is 0.574. The minimum absolute atomic E-state index is 0.0611. The van der Waals surface area contributed by atoms with Crippen molar-refractivity contribution in [1.82, 2.24) is 0 Å². The summed E-state index contributed by atoms with van der Waals surface area (Å²) in [5.41, 5.74) is 0.0611. The lowest BCUT2D eigenvalue weighted by molar-refractivity contribution is 0.187. The van der Waals surface area contributed by atoms with Crippen LogP contribution in [0, 0.1) is 11.2 Å². The summed E-state index contributed by atoms with van der Waals surface area (Å²) >= 11 is 0. The molecule has 14 heavy (non-hydrogen) atoms.